The molecular weight excluding hydrogens is 354 g/mol. The summed E-state index contributed by atoms with van der Waals surface area (Å²) in [6.45, 7) is 0.448. The van der Waals surface area contributed by atoms with Gasteiger partial charge in [0, 0.05) is 25.3 Å². The molecule has 0 saturated carbocycles. The first-order valence-corrected chi connectivity index (χ1v) is 11.4. The monoisotopic (exact) mass is 385 g/mol. The van der Waals surface area contributed by atoms with Crippen molar-refractivity contribution in [3.63, 3.8) is 0 Å². The van der Waals surface area contributed by atoms with Crippen LogP contribution in [0.5, 0.6) is 0 Å². The van der Waals surface area contributed by atoms with Crippen molar-refractivity contribution in [1.29, 1.82) is 0 Å². The highest BCUT2D eigenvalue weighted by Crippen LogP contribution is 2.45. The molecule has 2 rings (SSSR count). The number of carbonyl (C=O) groups is 1. The lowest BCUT2D eigenvalue weighted by atomic mass is 9.76. The predicted octanol–water partition coefficient (Wildman–Crippen LogP) is 2.54. The molecule has 0 aromatic carbocycles. The Labute approximate surface area is 157 Å². The second-order valence-corrected chi connectivity index (χ2v) is 9.37. The minimum Gasteiger partial charge on any atom is -0.481 e. The molecule has 2 N–H and O–H groups in total. The smallest absolute Gasteiger partial charge is 0.303 e. The van der Waals surface area contributed by atoms with Crippen LogP contribution in [0.3, 0.4) is 0 Å². The van der Waals surface area contributed by atoms with Crippen LogP contribution in [0.2, 0.25) is 0 Å². The van der Waals surface area contributed by atoms with Crippen molar-refractivity contribution in [3.8, 4) is 12.3 Å². The van der Waals surface area contributed by atoms with E-state index >= 15 is 0 Å². The molecule has 2 bridgehead atoms. The molecule has 2 fully saturated rings. The number of ether oxygens (including phenoxy) is 1. The fourth-order valence-corrected chi connectivity index (χ4v) is 5.34. The zero-order valence-electron chi connectivity index (χ0n) is 15.4. The van der Waals surface area contributed by atoms with Gasteiger partial charge in [0.15, 0.2) is 0 Å². The Hall–Kier alpha value is -1.10. The summed E-state index contributed by atoms with van der Waals surface area (Å²) >= 11 is 0. The quantitative estimate of drug-likeness (QED) is 0.375. The van der Waals surface area contributed by atoms with Gasteiger partial charge < -0.3 is 9.84 Å². The number of hydrogen-bond acceptors (Lipinski definition) is 4. The molecule has 0 aromatic heterocycles. The Bertz CT molecular complexity index is 598. The fraction of sp³-hybridized carbons (Fsp3) is 0.842. The SMILES string of the molecule is C#CCCCS(=O)(=O)NC[C@H]1[C@@H](CCCCCCC(=O)O)[C@H]2CC[C@@H]1O2. The minimum absolute atomic E-state index is 0.0765. The molecular formula is C19H31NO5S. The van der Waals surface area contributed by atoms with Crippen molar-refractivity contribution in [2.24, 2.45) is 11.8 Å². The van der Waals surface area contributed by atoms with Crippen molar-refractivity contribution in [2.75, 3.05) is 12.3 Å². The van der Waals surface area contributed by atoms with Crippen LogP contribution in [0.4, 0.5) is 0 Å². The van der Waals surface area contributed by atoms with Gasteiger partial charge in [0.2, 0.25) is 10.0 Å². The van der Waals surface area contributed by atoms with E-state index in [1.165, 1.54) is 0 Å². The average Bonchev–Trinajstić information content (AvgIpc) is 3.17. The molecule has 2 aliphatic heterocycles. The standard InChI is InChI=1S/C19H31NO5S/c1-2-3-8-13-26(23,24)20-14-16-15(17-11-12-18(16)25-17)9-6-4-5-7-10-19(21)22/h1,15-18,20H,3-14H2,(H,21,22)/t15-,16+,17-,18+/m1/s1. The highest BCUT2D eigenvalue weighted by atomic mass is 32.2. The topological polar surface area (TPSA) is 92.7 Å². The lowest BCUT2D eigenvalue weighted by molar-refractivity contribution is -0.137. The van der Waals surface area contributed by atoms with Gasteiger partial charge in [0.05, 0.1) is 18.0 Å². The number of nitrogens with one attached hydrogen (secondary N) is 1. The van der Waals surface area contributed by atoms with Crippen LogP contribution in [0.25, 0.3) is 0 Å². The molecule has 0 aliphatic carbocycles. The van der Waals surface area contributed by atoms with E-state index in [4.69, 9.17) is 16.3 Å². The van der Waals surface area contributed by atoms with Gasteiger partial charge >= 0.3 is 5.97 Å². The summed E-state index contributed by atoms with van der Waals surface area (Å²) in [6, 6.07) is 0. The number of unbranched alkanes of at least 4 members (excludes halogenated alkanes) is 4. The van der Waals surface area contributed by atoms with E-state index in [0.717, 1.165) is 44.9 Å². The number of fused-ring (bicyclic) bond motifs is 2. The number of aliphatic carboxylic acids is 1. The van der Waals surface area contributed by atoms with Crippen LogP contribution in [0.1, 0.15) is 64.2 Å². The van der Waals surface area contributed by atoms with Gasteiger partial charge in [-0.2, -0.15) is 0 Å². The van der Waals surface area contributed by atoms with Crippen LogP contribution in [0, 0.1) is 24.2 Å². The van der Waals surface area contributed by atoms with Crippen molar-refractivity contribution >= 4 is 16.0 Å². The van der Waals surface area contributed by atoms with Crippen LogP contribution < -0.4 is 4.72 Å². The summed E-state index contributed by atoms with van der Waals surface area (Å²) in [4.78, 5) is 10.5. The van der Waals surface area contributed by atoms with E-state index in [2.05, 4.69) is 10.6 Å². The highest BCUT2D eigenvalue weighted by Gasteiger charge is 2.48. The molecule has 26 heavy (non-hydrogen) atoms. The number of sulfonamides is 1. The minimum atomic E-state index is -3.28. The van der Waals surface area contributed by atoms with Crippen LogP contribution >= 0.6 is 0 Å². The molecule has 148 valence electrons. The van der Waals surface area contributed by atoms with E-state index in [9.17, 15) is 13.2 Å². The summed E-state index contributed by atoms with van der Waals surface area (Å²) in [5.41, 5.74) is 0. The Balaban J connectivity index is 1.74. The number of hydrogen-bond donors (Lipinski definition) is 2. The molecule has 2 heterocycles. The molecule has 0 spiro atoms. The third kappa shape index (κ3) is 6.57. The number of carboxylic acid groups (broad SMARTS) is 1. The third-order valence-electron chi connectivity index (χ3n) is 5.54. The molecule has 7 heteroatoms. The molecule has 4 atom stereocenters. The van der Waals surface area contributed by atoms with E-state index in [-0.39, 0.29) is 30.3 Å². The molecule has 0 unspecified atom stereocenters. The van der Waals surface area contributed by atoms with Crippen molar-refractivity contribution < 1.29 is 23.1 Å². The van der Waals surface area contributed by atoms with Gasteiger partial charge in [-0.15, -0.1) is 12.3 Å². The van der Waals surface area contributed by atoms with Gasteiger partial charge in [-0.3, -0.25) is 4.79 Å². The van der Waals surface area contributed by atoms with Gasteiger partial charge in [-0.1, -0.05) is 19.3 Å². The molecule has 2 saturated heterocycles. The maximum atomic E-state index is 12.1. The summed E-state index contributed by atoms with van der Waals surface area (Å²) in [7, 11) is -3.28. The number of terminal acetylenes is 1. The Morgan fingerprint density at radius 2 is 1.81 bits per heavy atom. The Kier molecular flexibility index (Phi) is 8.39. The maximum Gasteiger partial charge on any atom is 0.303 e. The molecule has 0 radical (unpaired) electrons. The zero-order valence-corrected chi connectivity index (χ0v) is 16.2. The number of rotatable bonds is 13. The van der Waals surface area contributed by atoms with E-state index in [0.29, 0.717) is 25.3 Å². The molecule has 0 aromatic rings. The zero-order chi connectivity index (χ0) is 19.0. The predicted molar refractivity (Wildman–Crippen MR) is 100 cm³/mol. The van der Waals surface area contributed by atoms with E-state index < -0.39 is 16.0 Å². The summed E-state index contributed by atoms with van der Waals surface area (Å²) in [5, 5.41) is 8.66. The summed E-state index contributed by atoms with van der Waals surface area (Å²) < 4.78 is 33.0. The third-order valence-corrected chi connectivity index (χ3v) is 6.97. The first-order valence-electron chi connectivity index (χ1n) is 9.71. The van der Waals surface area contributed by atoms with Gasteiger partial charge in [-0.05, 0) is 38.0 Å². The van der Waals surface area contributed by atoms with Crippen LogP contribution in [0.15, 0.2) is 0 Å². The fourth-order valence-electron chi connectivity index (χ4n) is 4.22. The molecule has 6 nitrogen and oxygen atoms in total. The average molecular weight is 386 g/mol. The Morgan fingerprint density at radius 3 is 2.50 bits per heavy atom. The van der Waals surface area contributed by atoms with Crippen LogP contribution in [-0.4, -0.2) is 44.0 Å². The van der Waals surface area contributed by atoms with Crippen molar-refractivity contribution in [1.82, 2.24) is 4.72 Å². The van der Waals surface area contributed by atoms with Crippen molar-refractivity contribution in [3.05, 3.63) is 0 Å². The second-order valence-electron chi connectivity index (χ2n) is 7.44. The summed E-state index contributed by atoms with van der Waals surface area (Å²) in [5.74, 6) is 2.46. The lowest BCUT2D eigenvalue weighted by Gasteiger charge is -2.28. The summed E-state index contributed by atoms with van der Waals surface area (Å²) in [6.07, 6.45) is 13.6. The maximum absolute atomic E-state index is 12.1. The van der Waals surface area contributed by atoms with Gasteiger partial charge in [0.1, 0.15) is 0 Å². The Morgan fingerprint density at radius 1 is 1.12 bits per heavy atom. The number of carboxylic acids is 1. The van der Waals surface area contributed by atoms with E-state index in [1.54, 1.807) is 0 Å². The lowest BCUT2D eigenvalue weighted by Crippen LogP contribution is -2.39. The normalized spacial score (nSPS) is 27.5. The first kappa shape index (κ1) is 21.2. The van der Waals surface area contributed by atoms with Crippen LogP contribution in [-0.2, 0) is 19.6 Å². The second kappa shape index (κ2) is 10.3. The molecule has 0 amide bonds. The van der Waals surface area contributed by atoms with Gasteiger partial charge in [-0.25, -0.2) is 13.1 Å². The molecule has 2 aliphatic rings. The van der Waals surface area contributed by atoms with Gasteiger partial charge in [0.25, 0.3) is 0 Å². The van der Waals surface area contributed by atoms with Crippen molar-refractivity contribution in [2.45, 2.75) is 76.4 Å². The largest absolute Gasteiger partial charge is 0.481 e. The van der Waals surface area contributed by atoms with E-state index in [1.807, 2.05) is 0 Å². The highest BCUT2D eigenvalue weighted by molar-refractivity contribution is 7.89. The first-order chi connectivity index (χ1) is 12.4.